The highest BCUT2D eigenvalue weighted by molar-refractivity contribution is 5.47. The number of rotatable bonds is 7. The van der Waals surface area contributed by atoms with Gasteiger partial charge in [0, 0.05) is 36.7 Å². The van der Waals surface area contributed by atoms with Crippen molar-refractivity contribution >= 4 is 5.69 Å². The summed E-state index contributed by atoms with van der Waals surface area (Å²) < 4.78 is 7.93. The molecule has 4 heteroatoms. The predicted molar refractivity (Wildman–Crippen MR) is 77.9 cm³/mol. The van der Waals surface area contributed by atoms with E-state index in [0.717, 1.165) is 36.4 Å². The fourth-order valence-electron chi connectivity index (χ4n) is 2.00. The number of nitrogens with two attached hydrogens (primary N) is 2. The number of hydrogen-bond acceptors (Lipinski definition) is 3. The van der Waals surface area contributed by atoms with Gasteiger partial charge in [-0.15, -0.1) is 0 Å². The summed E-state index contributed by atoms with van der Waals surface area (Å²) in [5.74, 6) is 0.845. The summed E-state index contributed by atoms with van der Waals surface area (Å²) in [5, 5.41) is 0. The van der Waals surface area contributed by atoms with Crippen molar-refractivity contribution in [3.05, 3.63) is 48.3 Å². The highest BCUT2D eigenvalue weighted by Gasteiger charge is 2.02. The Balaban J connectivity index is 1.73. The van der Waals surface area contributed by atoms with Gasteiger partial charge in [0.1, 0.15) is 5.75 Å². The van der Waals surface area contributed by atoms with Gasteiger partial charge in [0.05, 0.1) is 6.61 Å². The topological polar surface area (TPSA) is 66.2 Å². The zero-order valence-corrected chi connectivity index (χ0v) is 11.1. The molecule has 0 saturated heterocycles. The molecule has 0 unspecified atom stereocenters. The number of benzene rings is 1. The number of unbranched alkanes of at least 4 members (excludes halogenated alkanes) is 1. The van der Waals surface area contributed by atoms with E-state index in [1.54, 1.807) is 0 Å². The molecule has 0 fully saturated rings. The minimum atomic E-state index is 0.448. The first-order chi connectivity index (χ1) is 9.29. The monoisotopic (exact) mass is 259 g/mol. The summed E-state index contributed by atoms with van der Waals surface area (Å²) >= 11 is 0. The molecule has 1 aromatic carbocycles. The molecule has 0 atom stereocenters. The third kappa shape index (κ3) is 4.03. The van der Waals surface area contributed by atoms with Crippen LogP contribution in [0.5, 0.6) is 5.75 Å². The maximum Gasteiger partial charge on any atom is 0.123 e. The summed E-state index contributed by atoms with van der Waals surface area (Å²) in [7, 11) is 0. The van der Waals surface area contributed by atoms with Crippen LogP contribution in [0.4, 0.5) is 5.69 Å². The van der Waals surface area contributed by atoms with E-state index in [9.17, 15) is 0 Å². The summed E-state index contributed by atoms with van der Waals surface area (Å²) in [4.78, 5) is 0. The Bertz CT molecular complexity index is 494. The molecule has 2 rings (SSSR count). The zero-order chi connectivity index (χ0) is 13.5. The normalized spacial score (nSPS) is 10.6. The van der Waals surface area contributed by atoms with E-state index in [1.165, 1.54) is 0 Å². The number of nitrogens with zero attached hydrogens (tertiary/aromatic N) is 1. The Morgan fingerprint density at radius 3 is 2.63 bits per heavy atom. The molecule has 0 radical (unpaired) electrons. The van der Waals surface area contributed by atoms with Gasteiger partial charge >= 0.3 is 0 Å². The maximum atomic E-state index is 5.76. The number of hydrogen-bond donors (Lipinski definition) is 2. The fourth-order valence-corrected chi connectivity index (χ4v) is 2.00. The van der Waals surface area contributed by atoms with Crippen LogP contribution in [0, 0.1) is 0 Å². The van der Waals surface area contributed by atoms with Crippen LogP contribution in [0.3, 0.4) is 0 Å². The van der Waals surface area contributed by atoms with Crippen LogP contribution in [-0.2, 0) is 13.1 Å². The van der Waals surface area contributed by atoms with Crippen LogP contribution in [0.15, 0.2) is 42.7 Å². The maximum absolute atomic E-state index is 5.76. The smallest absolute Gasteiger partial charge is 0.123 e. The second-order valence-corrected chi connectivity index (χ2v) is 4.55. The lowest BCUT2D eigenvalue weighted by Gasteiger charge is -2.11. The Hall–Kier alpha value is -1.94. The number of aryl methyl sites for hydroxylation is 1. The van der Waals surface area contributed by atoms with Crippen molar-refractivity contribution in [1.82, 2.24) is 4.57 Å². The Morgan fingerprint density at radius 1 is 1.11 bits per heavy atom. The minimum absolute atomic E-state index is 0.448. The number of nitrogen functional groups attached to an aromatic ring is 1. The lowest BCUT2D eigenvalue weighted by molar-refractivity contribution is 0.300. The van der Waals surface area contributed by atoms with Gasteiger partial charge in [-0.05, 0) is 43.2 Å². The molecule has 19 heavy (non-hydrogen) atoms. The first kappa shape index (κ1) is 13.5. The van der Waals surface area contributed by atoms with Crippen molar-refractivity contribution in [1.29, 1.82) is 0 Å². The molecular formula is C15H21N3O. The van der Waals surface area contributed by atoms with Gasteiger partial charge in [-0.2, -0.15) is 0 Å². The first-order valence-corrected chi connectivity index (χ1v) is 6.61. The first-order valence-electron chi connectivity index (χ1n) is 6.61. The molecule has 2 aromatic rings. The van der Waals surface area contributed by atoms with E-state index in [0.29, 0.717) is 13.2 Å². The lowest BCUT2D eigenvalue weighted by Crippen LogP contribution is -2.05. The van der Waals surface area contributed by atoms with Crippen molar-refractivity contribution in [3.8, 4) is 5.75 Å². The van der Waals surface area contributed by atoms with Crippen LogP contribution in [0.1, 0.15) is 18.4 Å². The number of aromatic nitrogens is 1. The van der Waals surface area contributed by atoms with Crippen LogP contribution in [-0.4, -0.2) is 11.2 Å². The van der Waals surface area contributed by atoms with Crippen molar-refractivity contribution in [2.45, 2.75) is 25.9 Å². The average Bonchev–Trinajstić information content (AvgIpc) is 2.93. The summed E-state index contributed by atoms with van der Waals surface area (Å²) in [6, 6.07) is 9.68. The van der Waals surface area contributed by atoms with Gasteiger partial charge in [0.25, 0.3) is 0 Å². The molecule has 102 valence electrons. The van der Waals surface area contributed by atoms with Crippen LogP contribution >= 0.6 is 0 Å². The highest BCUT2D eigenvalue weighted by Crippen LogP contribution is 2.21. The third-order valence-corrected chi connectivity index (χ3v) is 3.04. The van der Waals surface area contributed by atoms with Gasteiger partial charge in [-0.3, -0.25) is 0 Å². The van der Waals surface area contributed by atoms with Crippen molar-refractivity contribution in [3.63, 3.8) is 0 Å². The molecule has 4 nitrogen and oxygen atoms in total. The van der Waals surface area contributed by atoms with Crippen LogP contribution in [0.2, 0.25) is 0 Å². The third-order valence-electron chi connectivity index (χ3n) is 3.04. The van der Waals surface area contributed by atoms with E-state index in [-0.39, 0.29) is 0 Å². The van der Waals surface area contributed by atoms with Crippen molar-refractivity contribution < 1.29 is 4.74 Å². The van der Waals surface area contributed by atoms with Gasteiger partial charge in [0.15, 0.2) is 0 Å². The van der Waals surface area contributed by atoms with Crippen LogP contribution < -0.4 is 16.2 Å². The Labute approximate surface area is 114 Å². The summed E-state index contributed by atoms with van der Waals surface area (Å²) in [6.45, 7) is 2.18. The molecule has 0 aliphatic rings. The van der Waals surface area contributed by atoms with Gasteiger partial charge in [-0.25, -0.2) is 0 Å². The molecule has 1 heterocycles. The Morgan fingerprint density at radius 2 is 1.89 bits per heavy atom. The molecule has 4 N–H and O–H groups in total. The van der Waals surface area contributed by atoms with E-state index in [4.69, 9.17) is 16.2 Å². The average molecular weight is 259 g/mol. The molecule has 0 aliphatic carbocycles. The highest BCUT2D eigenvalue weighted by atomic mass is 16.5. The van der Waals surface area contributed by atoms with E-state index in [1.807, 2.05) is 30.3 Å². The lowest BCUT2D eigenvalue weighted by atomic mass is 10.2. The van der Waals surface area contributed by atoms with Gasteiger partial charge in [0.2, 0.25) is 0 Å². The predicted octanol–water partition coefficient (Wildman–Crippen LogP) is 2.39. The van der Waals surface area contributed by atoms with Crippen molar-refractivity contribution in [2.24, 2.45) is 5.73 Å². The minimum Gasteiger partial charge on any atom is -0.493 e. The fraction of sp³-hybridized carbons (Fsp3) is 0.333. The van der Waals surface area contributed by atoms with E-state index in [2.05, 4.69) is 17.0 Å². The second-order valence-electron chi connectivity index (χ2n) is 4.55. The largest absolute Gasteiger partial charge is 0.493 e. The van der Waals surface area contributed by atoms with Crippen LogP contribution in [0.25, 0.3) is 0 Å². The van der Waals surface area contributed by atoms with Gasteiger partial charge < -0.3 is 20.8 Å². The molecule has 0 spiro atoms. The van der Waals surface area contributed by atoms with Crippen molar-refractivity contribution in [2.75, 3.05) is 12.3 Å². The molecule has 0 saturated carbocycles. The molecule has 1 aromatic heterocycles. The molecule has 0 amide bonds. The van der Waals surface area contributed by atoms with Gasteiger partial charge in [-0.1, -0.05) is 0 Å². The summed E-state index contributed by atoms with van der Waals surface area (Å²) in [5.41, 5.74) is 13.1. The molecule has 0 aliphatic heterocycles. The second kappa shape index (κ2) is 6.85. The summed E-state index contributed by atoms with van der Waals surface area (Å²) in [6.07, 6.45) is 6.27. The zero-order valence-electron chi connectivity index (χ0n) is 11.1. The number of ether oxygens (including phenoxy) is 1. The quantitative estimate of drug-likeness (QED) is 0.592. The molecule has 0 bridgehead atoms. The number of anilines is 1. The molecular weight excluding hydrogens is 238 g/mol. The Kier molecular flexibility index (Phi) is 4.86. The SMILES string of the molecule is NCc1cc(N)ccc1OCCCCn1cccc1. The van der Waals surface area contributed by atoms with E-state index >= 15 is 0 Å². The standard InChI is InChI=1S/C15H21N3O/c16-12-13-11-14(17)5-6-15(13)19-10-4-3-9-18-7-1-2-8-18/h1-2,5-8,11H,3-4,9-10,12,16-17H2. The van der Waals surface area contributed by atoms with E-state index < -0.39 is 0 Å².